The number of nitrogens with one attached hydrogen (secondary N) is 2. The van der Waals surface area contributed by atoms with E-state index in [1.54, 1.807) is 14.2 Å². The van der Waals surface area contributed by atoms with Crippen molar-refractivity contribution in [1.82, 2.24) is 5.32 Å². The fraction of sp³-hybridized carbons (Fsp3) is 0.562. The van der Waals surface area contributed by atoms with E-state index in [2.05, 4.69) is 17.6 Å². The Hall–Kier alpha value is -1.49. The van der Waals surface area contributed by atoms with Gasteiger partial charge in [0.25, 0.3) is 0 Å². The predicted octanol–water partition coefficient (Wildman–Crippen LogP) is 3.57. The molecule has 0 bridgehead atoms. The monoisotopic (exact) mass is 308 g/mol. The Labute approximate surface area is 132 Å². The Morgan fingerprint density at radius 1 is 1.14 bits per heavy atom. The Balaban J connectivity index is 1.95. The molecule has 1 aromatic rings. The van der Waals surface area contributed by atoms with Crippen molar-refractivity contribution in [3.05, 3.63) is 18.2 Å². The van der Waals surface area contributed by atoms with Crippen molar-refractivity contribution in [1.29, 1.82) is 0 Å². The van der Waals surface area contributed by atoms with Gasteiger partial charge < -0.3 is 20.1 Å². The molecular weight excluding hydrogens is 284 g/mol. The van der Waals surface area contributed by atoms with Gasteiger partial charge in [0.15, 0.2) is 5.11 Å². The van der Waals surface area contributed by atoms with Gasteiger partial charge >= 0.3 is 0 Å². The van der Waals surface area contributed by atoms with Crippen molar-refractivity contribution in [2.75, 3.05) is 19.5 Å². The lowest BCUT2D eigenvalue weighted by atomic mass is 9.87. The first kappa shape index (κ1) is 15.9. The van der Waals surface area contributed by atoms with Gasteiger partial charge in [-0.15, -0.1) is 0 Å². The maximum absolute atomic E-state index is 5.41. The molecule has 4 nitrogen and oxygen atoms in total. The number of hydrogen-bond donors (Lipinski definition) is 2. The van der Waals surface area contributed by atoms with E-state index in [0.29, 0.717) is 11.2 Å². The number of hydrogen-bond acceptors (Lipinski definition) is 3. The minimum Gasteiger partial charge on any atom is -0.497 e. The zero-order valence-corrected chi connectivity index (χ0v) is 13.8. The SMILES string of the molecule is COc1ccc(OC)c(NC(=S)NC2CCC(C)CC2)c1. The van der Waals surface area contributed by atoms with Gasteiger partial charge in [-0.05, 0) is 56.0 Å². The molecule has 0 amide bonds. The van der Waals surface area contributed by atoms with E-state index < -0.39 is 0 Å². The van der Waals surface area contributed by atoms with Crippen molar-refractivity contribution in [3.8, 4) is 11.5 Å². The molecule has 1 saturated carbocycles. The van der Waals surface area contributed by atoms with Gasteiger partial charge in [-0.25, -0.2) is 0 Å². The number of thiocarbonyl (C=S) groups is 1. The molecule has 2 N–H and O–H groups in total. The van der Waals surface area contributed by atoms with Gasteiger partial charge in [-0.1, -0.05) is 6.92 Å². The van der Waals surface area contributed by atoms with E-state index >= 15 is 0 Å². The third kappa shape index (κ3) is 4.49. The molecule has 21 heavy (non-hydrogen) atoms. The number of rotatable bonds is 4. The van der Waals surface area contributed by atoms with Crippen LogP contribution in [0, 0.1) is 5.92 Å². The third-order valence-corrected chi connectivity index (χ3v) is 4.23. The summed E-state index contributed by atoms with van der Waals surface area (Å²) in [5, 5.41) is 7.25. The van der Waals surface area contributed by atoms with Crippen molar-refractivity contribution < 1.29 is 9.47 Å². The molecule has 5 heteroatoms. The first-order chi connectivity index (χ1) is 10.1. The van der Waals surface area contributed by atoms with Crippen LogP contribution in [0.5, 0.6) is 11.5 Å². The van der Waals surface area contributed by atoms with E-state index in [1.165, 1.54) is 25.7 Å². The van der Waals surface area contributed by atoms with Gasteiger partial charge in [0.2, 0.25) is 0 Å². The third-order valence-electron chi connectivity index (χ3n) is 4.01. The largest absolute Gasteiger partial charge is 0.497 e. The zero-order valence-electron chi connectivity index (χ0n) is 12.9. The van der Waals surface area contributed by atoms with Crippen LogP contribution >= 0.6 is 12.2 Å². The fourth-order valence-electron chi connectivity index (χ4n) is 2.66. The van der Waals surface area contributed by atoms with Crippen molar-refractivity contribution in [2.24, 2.45) is 5.92 Å². The summed E-state index contributed by atoms with van der Waals surface area (Å²) >= 11 is 5.41. The molecule has 1 aliphatic carbocycles. The van der Waals surface area contributed by atoms with E-state index in [-0.39, 0.29) is 0 Å². The van der Waals surface area contributed by atoms with Gasteiger partial charge in [-0.2, -0.15) is 0 Å². The molecular formula is C16H24N2O2S. The smallest absolute Gasteiger partial charge is 0.171 e. The second-order valence-electron chi connectivity index (χ2n) is 5.62. The Morgan fingerprint density at radius 3 is 2.48 bits per heavy atom. The Bertz CT molecular complexity index is 485. The van der Waals surface area contributed by atoms with Crippen molar-refractivity contribution in [3.63, 3.8) is 0 Å². The van der Waals surface area contributed by atoms with Crippen LogP contribution in [0.1, 0.15) is 32.6 Å². The maximum atomic E-state index is 5.41. The van der Waals surface area contributed by atoms with Crippen LogP contribution in [-0.2, 0) is 0 Å². The van der Waals surface area contributed by atoms with Gasteiger partial charge in [0.05, 0.1) is 19.9 Å². The highest BCUT2D eigenvalue weighted by Crippen LogP contribution is 2.29. The second kappa shape index (κ2) is 7.50. The number of ether oxygens (including phenoxy) is 2. The molecule has 0 unspecified atom stereocenters. The van der Waals surface area contributed by atoms with Crippen LogP contribution in [0.4, 0.5) is 5.69 Å². The summed E-state index contributed by atoms with van der Waals surface area (Å²) in [5.74, 6) is 2.35. The summed E-state index contributed by atoms with van der Waals surface area (Å²) in [6.45, 7) is 2.31. The second-order valence-corrected chi connectivity index (χ2v) is 6.03. The average molecular weight is 308 g/mol. The summed E-state index contributed by atoms with van der Waals surface area (Å²) in [4.78, 5) is 0. The predicted molar refractivity (Wildman–Crippen MR) is 90.3 cm³/mol. The lowest BCUT2D eigenvalue weighted by Crippen LogP contribution is -2.39. The highest BCUT2D eigenvalue weighted by molar-refractivity contribution is 7.80. The summed E-state index contributed by atoms with van der Waals surface area (Å²) < 4.78 is 10.6. The number of benzene rings is 1. The van der Waals surface area contributed by atoms with E-state index in [9.17, 15) is 0 Å². The molecule has 0 heterocycles. The highest BCUT2D eigenvalue weighted by atomic mass is 32.1. The summed E-state index contributed by atoms with van der Waals surface area (Å²) in [5.41, 5.74) is 0.818. The molecule has 0 atom stereocenters. The van der Waals surface area contributed by atoms with Crippen LogP contribution < -0.4 is 20.1 Å². The summed E-state index contributed by atoms with van der Waals surface area (Å²) in [7, 11) is 3.29. The van der Waals surface area contributed by atoms with Crippen LogP contribution in [0.25, 0.3) is 0 Å². The Kier molecular flexibility index (Phi) is 5.67. The standard InChI is InChI=1S/C16H24N2O2S/c1-11-4-6-12(7-5-11)17-16(21)18-14-10-13(19-2)8-9-15(14)20-3/h8-12H,4-7H2,1-3H3,(H2,17,18,21). The van der Waals surface area contributed by atoms with E-state index in [4.69, 9.17) is 21.7 Å². The summed E-state index contributed by atoms with van der Waals surface area (Å²) in [6, 6.07) is 6.09. The molecule has 2 rings (SSSR count). The fourth-order valence-corrected chi connectivity index (χ4v) is 2.94. The van der Waals surface area contributed by atoms with E-state index in [0.717, 1.165) is 23.1 Å². The first-order valence-electron chi connectivity index (χ1n) is 7.42. The molecule has 1 aromatic carbocycles. The normalized spacial score (nSPS) is 21.5. The maximum Gasteiger partial charge on any atom is 0.171 e. The number of anilines is 1. The topological polar surface area (TPSA) is 42.5 Å². The highest BCUT2D eigenvalue weighted by Gasteiger charge is 2.19. The van der Waals surface area contributed by atoms with Crippen LogP contribution in [0.3, 0.4) is 0 Å². The first-order valence-corrected chi connectivity index (χ1v) is 7.82. The molecule has 1 fully saturated rings. The average Bonchev–Trinajstić information content (AvgIpc) is 2.49. The molecule has 0 saturated heterocycles. The molecule has 116 valence electrons. The van der Waals surface area contributed by atoms with E-state index in [1.807, 2.05) is 18.2 Å². The molecule has 0 aliphatic heterocycles. The molecule has 1 aliphatic rings. The summed E-state index contributed by atoms with van der Waals surface area (Å²) in [6.07, 6.45) is 4.89. The van der Waals surface area contributed by atoms with Crippen LogP contribution in [-0.4, -0.2) is 25.4 Å². The van der Waals surface area contributed by atoms with Crippen molar-refractivity contribution in [2.45, 2.75) is 38.6 Å². The van der Waals surface area contributed by atoms with Gasteiger partial charge in [-0.3, -0.25) is 0 Å². The Morgan fingerprint density at radius 2 is 1.86 bits per heavy atom. The van der Waals surface area contributed by atoms with Crippen LogP contribution in [0.2, 0.25) is 0 Å². The minimum absolute atomic E-state index is 0.470. The number of methoxy groups -OCH3 is 2. The van der Waals surface area contributed by atoms with Crippen LogP contribution in [0.15, 0.2) is 18.2 Å². The quantitative estimate of drug-likeness (QED) is 0.832. The molecule has 0 spiro atoms. The van der Waals surface area contributed by atoms with Gasteiger partial charge in [0.1, 0.15) is 11.5 Å². The van der Waals surface area contributed by atoms with Crippen molar-refractivity contribution >= 4 is 23.0 Å². The lowest BCUT2D eigenvalue weighted by Gasteiger charge is -2.28. The minimum atomic E-state index is 0.470. The zero-order chi connectivity index (χ0) is 15.2. The lowest BCUT2D eigenvalue weighted by molar-refractivity contribution is 0.331. The molecule has 0 aromatic heterocycles. The van der Waals surface area contributed by atoms with Gasteiger partial charge in [0, 0.05) is 12.1 Å². The molecule has 0 radical (unpaired) electrons.